The summed E-state index contributed by atoms with van der Waals surface area (Å²) in [5, 5.41) is -0.109. The summed E-state index contributed by atoms with van der Waals surface area (Å²) in [5.74, 6) is -1.41. The SMILES string of the molecule is CN(c1c(F)ccc(Cl)c1F)C12CCC(F)(CC1)C2. The minimum atomic E-state index is -1.15. The van der Waals surface area contributed by atoms with Crippen LogP contribution >= 0.6 is 11.6 Å². The topological polar surface area (TPSA) is 3.24 Å². The van der Waals surface area contributed by atoms with E-state index in [-0.39, 0.29) is 10.7 Å². The van der Waals surface area contributed by atoms with Crippen molar-refractivity contribution >= 4 is 17.3 Å². The second kappa shape index (κ2) is 4.05. The first kappa shape index (κ1) is 13.1. The fourth-order valence-corrected chi connectivity index (χ4v) is 3.77. The molecular weight excluding hydrogens is 275 g/mol. The van der Waals surface area contributed by atoms with Crippen molar-refractivity contribution in [3.8, 4) is 0 Å². The third-order valence-electron chi connectivity index (χ3n) is 4.79. The van der Waals surface area contributed by atoms with Gasteiger partial charge in [-0.15, -0.1) is 0 Å². The Morgan fingerprint density at radius 2 is 1.79 bits per heavy atom. The highest BCUT2D eigenvalue weighted by molar-refractivity contribution is 6.31. The number of halogens is 4. The van der Waals surface area contributed by atoms with Gasteiger partial charge in [0.05, 0.1) is 5.02 Å². The Morgan fingerprint density at radius 1 is 1.16 bits per heavy atom. The van der Waals surface area contributed by atoms with Gasteiger partial charge >= 0.3 is 0 Å². The average molecular weight is 290 g/mol. The molecule has 0 spiro atoms. The second-order valence-corrected chi connectivity index (χ2v) is 6.21. The summed E-state index contributed by atoms with van der Waals surface area (Å²) in [6.07, 6.45) is 2.56. The van der Waals surface area contributed by atoms with Crippen LogP contribution in [0.15, 0.2) is 12.1 Å². The summed E-state index contributed by atoms with van der Waals surface area (Å²) >= 11 is 5.72. The molecule has 0 heterocycles. The van der Waals surface area contributed by atoms with Gasteiger partial charge in [0.1, 0.15) is 17.2 Å². The van der Waals surface area contributed by atoms with E-state index in [1.165, 1.54) is 6.07 Å². The van der Waals surface area contributed by atoms with E-state index in [1.54, 1.807) is 11.9 Å². The largest absolute Gasteiger partial charge is 0.364 e. The lowest BCUT2D eigenvalue weighted by molar-refractivity contribution is 0.176. The van der Waals surface area contributed by atoms with E-state index in [0.717, 1.165) is 6.07 Å². The van der Waals surface area contributed by atoms with Crippen LogP contribution < -0.4 is 4.90 Å². The Kier molecular flexibility index (Phi) is 2.79. The summed E-state index contributed by atoms with van der Waals surface area (Å²) in [6.45, 7) is 0. The molecule has 1 aromatic carbocycles. The number of fused-ring (bicyclic) bond motifs is 2. The lowest BCUT2D eigenvalue weighted by atomic mass is 9.91. The Bertz CT molecular complexity index is 524. The molecule has 2 bridgehead atoms. The highest BCUT2D eigenvalue weighted by Gasteiger charge is 2.57. The number of anilines is 1. The van der Waals surface area contributed by atoms with Crippen molar-refractivity contribution in [2.24, 2.45) is 0 Å². The van der Waals surface area contributed by atoms with Crippen molar-refractivity contribution < 1.29 is 13.2 Å². The zero-order chi connectivity index (χ0) is 13.8. The molecule has 0 N–H and O–H groups in total. The number of alkyl halides is 1. The molecule has 0 aromatic heterocycles. The molecule has 0 aliphatic heterocycles. The molecule has 0 saturated heterocycles. The predicted octanol–water partition coefficient (Wildman–Crippen LogP) is 4.48. The first-order chi connectivity index (χ1) is 8.87. The van der Waals surface area contributed by atoms with Gasteiger partial charge in [0, 0.05) is 19.0 Å². The summed E-state index contributed by atoms with van der Waals surface area (Å²) in [6, 6.07) is 2.35. The van der Waals surface area contributed by atoms with Gasteiger partial charge in [-0.1, -0.05) is 11.6 Å². The number of rotatable bonds is 2. The number of nitrogens with zero attached hydrogens (tertiary/aromatic N) is 1. The Hall–Kier alpha value is -0.900. The lowest BCUT2D eigenvalue weighted by Gasteiger charge is -2.39. The van der Waals surface area contributed by atoms with Crippen molar-refractivity contribution in [1.82, 2.24) is 0 Å². The van der Waals surface area contributed by atoms with Crippen LogP contribution in [0.3, 0.4) is 0 Å². The fraction of sp³-hybridized carbons (Fsp3) is 0.571. The zero-order valence-corrected chi connectivity index (χ0v) is 11.4. The van der Waals surface area contributed by atoms with Gasteiger partial charge < -0.3 is 4.90 Å². The molecule has 2 aliphatic carbocycles. The van der Waals surface area contributed by atoms with Crippen LogP contribution in [0.1, 0.15) is 32.1 Å². The minimum absolute atomic E-state index is 0.109. The first-order valence-electron chi connectivity index (χ1n) is 6.43. The number of hydrogen-bond donors (Lipinski definition) is 0. The van der Waals surface area contributed by atoms with Crippen LogP contribution in [0.5, 0.6) is 0 Å². The van der Waals surface area contributed by atoms with Crippen LogP contribution in [0, 0.1) is 11.6 Å². The molecule has 2 aliphatic rings. The van der Waals surface area contributed by atoms with Crippen molar-refractivity contribution in [3.05, 3.63) is 28.8 Å². The number of benzene rings is 1. The maximum Gasteiger partial charge on any atom is 0.168 e. The highest BCUT2D eigenvalue weighted by Crippen LogP contribution is 2.56. The maximum absolute atomic E-state index is 14.2. The van der Waals surface area contributed by atoms with E-state index in [1.807, 2.05) is 0 Å². The summed E-state index contributed by atoms with van der Waals surface area (Å²) < 4.78 is 42.2. The van der Waals surface area contributed by atoms with Gasteiger partial charge in [0.15, 0.2) is 5.82 Å². The Morgan fingerprint density at radius 3 is 2.32 bits per heavy atom. The predicted molar refractivity (Wildman–Crippen MR) is 69.4 cm³/mol. The average Bonchev–Trinajstić information content (AvgIpc) is 2.89. The molecule has 3 rings (SSSR count). The van der Waals surface area contributed by atoms with E-state index < -0.39 is 22.8 Å². The van der Waals surface area contributed by atoms with Crippen LogP contribution in [-0.4, -0.2) is 18.3 Å². The molecule has 1 nitrogen and oxygen atoms in total. The number of hydrogen-bond acceptors (Lipinski definition) is 1. The summed E-state index contributed by atoms with van der Waals surface area (Å²) in [7, 11) is 1.63. The Labute approximate surface area is 115 Å². The minimum Gasteiger partial charge on any atom is -0.364 e. The van der Waals surface area contributed by atoms with Crippen LogP contribution in [-0.2, 0) is 0 Å². The molecule has 0 radical (unpaired) electrons. The lowest BCUT2D eigenvalue weighted by Crippen LogP contribution is -2.44. The quantitative estimate of drug-likeness (QED) is 0.726. The van der Waals surface area contributed by atoms with Gasteiger partial charge in [-0.2, -0.15) is 0 Å². The van der Waals surface area contributed by atoms with Crippen LogP contribution in [0.4, 0.5) is 18.9 Å². The van der Waals surface area contributed by atoms with Crippen molar-refractivity contribution in [2.45, 2.75) is 43.3 Å². The normalized spacial score (nSPS) is 32.9. The smallest absolute Gasteiger partial charge is 0.168 e. The summed E-state index contributed by atoms with van der Waals surface area (Å²) in [5.41, 5.74) is -1.76. The van der Waals surface area contributed by atoms with E-state index in [0.29, 0.717) is 32.1 Å². The third-order valence-corrected chi connectivity index (χ3v) is 5.08. The first-order valence-corrected chi connectivity index (χ1v) is 6.81. The molecule has 0 amide bonds. The zero-order valence-electron chi connectivity index (χ0n) is 10.6. The molecule has 2 saturated carbocycles. The second-order valence-electron chi connectivity index (χ2n) is 5.80. The molecule has 0 atom stereocenters. The van der Waals surface area contributed by atoms with Crippen molar-refractivity contribution in [3.63, 3.8) is 0 Å². The Balaban J connectivity index is 2.02. The molecule has 19 heavy (non-hydrogen) atoms. The molecule has 104 valence electrons. The molecular formula is C14H15ClF3N. The molecule has 1 aromatic rings. The standard InChI is InChI=1S/C14H15ClF3N/c1-19(12-10(16)3-2-9(15)11(12)17)14-6-4-13(18,8-14)5-7-14/h2-3H,4-8H2,1H3. The molecule has 0 unspecified atom stereocenters. The van der Waals surface area contributed by atoms with Gasteiger partial charge in [-0.05, 0) is 37.8 Å². The van der Waals surface area contributed by atoms with E-state index in [9.17, 15) is 13.2 Å². The van der Waals surface area contributed by atoms with E-state index in [2.05, 4.69) is 0 Å². The van der Waals surface area contributed by atoms with E-state index >= 15 is 0 Å². The van der Waals surface area contributed by atoms with E-state index in [4.69, 9.17) is 11.6 Å². The highest BCUT2D eigenvalue weighted by atomic mass is 35.5. The van der Waals surface area contributed by atoms with Crippen LogP contribution in [0.25, 0.3) is 0 Å². The summed E-state index contributed by atoms with van der Waals surface area (Å²) in [4.78, 5) is 1.57. The monoisotopic (exact) mass is 289 g/mol. The molecule has 2 fully saturated rings. The van der Waals surface area contributed by atoms with Crippen LogP contribution in [0.2, 0.25) is 5.02 Å². The van der Waals surface area contributed by atoms with Gasteiger partial charge in [-0.3, -0.25) is 0 Å². The third kappa shape index (κ3) is 1.83. The molecule has 5 heteroatoms. The van der Waals surface area contributed by atoms with Gasteiger partial charge in [0.2, 0.25) is 0 Å². The van der Waals surface area contributed by atoms with Gasteiger partial charge in [0.25, 0.3) is 0 Å². The van der Waals surface area contributed by atoms with Gasteiger partial charge in [-0.25, -0.2) is 13.2 Å². The van der Waals surface area contributed by atoms with Crippen molar-refractivity contribution in [1.29, 1.82) is 0 Å². The fourth-order valence-electron chi connectivity index (χ4n) is 3.62. The maximum atomic E-state index is 14.2. The van der Waals surface area contributed by atoms with Crippen molar-refractivity contribution in [2.75, 3.05) is 11.9 Å².